The van der Waals surface area contributed by atoms with E-state index in [-0.39, 0.29) is 47.5 Å². The molecule has 0 aliphatic carbocycles. The fraction of sp³-hybridized carbons (Fsp3) is 0.440. The number of carbonyl (C=O) groups excluding carboxylic acids is 3. The Kier molecular flexibility index (Phi) is 13.0. The average Bonchev–Trinajstić information content (AvgIpc) is 3.66. The van der Waals surface area contributed by atoms with Crippen LogP contribution in [0.5, 0.6) is 0 Å². The Hall–Kier alpha value is -6.46. The van der Waals surface area contributed by atoms with Crippen molar-refractivity contribution in [3.63, 3.8) is 0 Å². The predicted octanol–water partition coefficient (Wildman–Crippen LogP) is 5.88. The molecule has 3 fully saturated rings. The first kappa shape index (κ1) is 45.7. The Bertz CT molecular complexity index is 2790. The summed E-state index contributed by atoms with van der Waals surface area (Å²) in [4.78, 5) is 68.1. The summed E-state index contributed by atoms with van der Waals surface area (Å²) in [5, 5.41) is 9.20. The molecule has 0 saturated carbocycles. The lowest BCUT2D eigenvalue weighted by atomic mass is 9.92. The molecule has 17 heteroatoms. The van der Waals surface area contributed by atoms with Gasteiger partial charge in [-0.1, -0.05) is 6.08 Å². The normalized spacial score (nSPS) is 20.5. The second-order valence-electron chi connectivity index (χ2n) is 18.6. The van der Waals surface area contributed by atoms with E-state index in [2.05, 4.69) is 66.3 Å². The molecule has 352 valence electrons. The van der Waals surface area contributed by atoms with Crippen molar-refractivity contribution in [2.45, 2.75) is 71.0 Å². The van der Waals surface area contributed by atoms with E-state index in [0.717, 1.165) is 71.7 Å². The molecule has 4 aromatic heterocycles. The maximum Gasteiger partial charge on any atom is 0.257 e. The number of amides is 3. The molecule has 3 N–H and O–H groups in total. The molecule has 9 rings (SSSR count). The highest BCUT2D eigenvalue weighted by Gasteiger charge is 2.32. The summed E-state index contributed by atoms with van der Waals surface area (Å²) in [6, 6.07) is 11.6. The van der Waals surface area contributed by atoms with Crippen LogP contribution >= 0.6 is 0 Å². The molecule has 3 amide bonds. The zero-order chi connectivity index (χ0) is 47.1. The number of rotatable bonds is 11. The number of imide groups is 1. The number of hydrogen-bond acceptors (Lipinski definition) is 11. The first-order chi connectivity index (χ1) is 32.3. The fourth-order valence-electron chi connectivity index (χ4n) is 10.5. The van der Waals surface area contributed by atoms with Gasteiger partial charge >= 0.3 is 0 Å². The number of aromatic nitrogens is 4. The smallest absolute Gasteiger partial charge is 0.257 e. The third kappa shape index (κ3) is 9.31. The van der Waals surface area contributed by atoms with E-state index in [1.807, 2.05) is 42.0 Å². The van der Waals surface area contributed by atoms with Crippen molar-refractivity contribution in [2.75, 3.05) is 74.9 Å². The van der Waals surface area contributed by atoms with E-state index in [1.165, 1.54) is 18.3 Å². The highest BCUT2D eigenvalue weighted by Crippen LogP contribution is 2.35. The number of benzene rings is 1. The molecule has 1 aromatic carbocycles. The third-order valence-electron chi connectivity index (χ3n) is 14.3. The number of likely N-dealkylation sites (tertiary alicyclic amines) is 1. The van der Waals surface area contributed by atoms with Gasteiger partial charge in [0.25, 0.3) is 11.5 Å². The summed E-state index contributed by atoms with van der Waals surface area (Å²) in [5.74, 6) is -1.05. The van der Waals surface area contributed by atoms with E-state index in [9.17, 15) is 19.2 Å². The molecule has 4 aliphatic rings. The fourth-order valence-corrected chi connectivity index (χ4v) is 10.5. The molecule has 0 spiro atoms. The predicted molar refractivity (Wildman–Crippen MR) is 255 cm³/mol. The van der Waals surface area contributed by atoms with Gasteiger partial charge in [0.15, 0.2) is 11.6 Å². The number of nitrogens with one attached hydrogen (secondary N) is 3. The summed E-state index contributed by atoms with van der Waals surface area (Å²) in [7, 11) is 3.78. The molecule has 15 nitrogen and oxygen atoms in total. The van der Waals surface area contributed by atoms with Crippen LogP contribution in [0.4, 0.5) is 26.0 Å². The summed E-state index contributed by atoms with van der Waals surface area (Å²) >= 11 is 0. The molecule has 0 radical (unpaired) electrons. The number of halogens is 2. The van der Waals surface area contributed by atoms with Crippen LogP contribution in [0.3, 0.4) is 0 Å². The van der Waals surface area contributed by atoms with Crippen LogP contribution < -0.4 is 26.4 Å². The Labute approximate surface area is 388 Å². The van der Waals surface area contributed by atoms with E-state index in [1.54, 1.807) is 30.1 Å². The van der Waals surface area contributed by atoms with Crippen molar-refractivity contribution < 1.29 is 23.2 Å². The van der Waals surface area contributed by atoms with Gasteiger partial charge in [-0.2, -0.15) is 0 Å². The van der Waals surface area contributed by atoms with Crippen molar-refractivity contribution in [1.82, 2.24) is 39.1 Å². The van der Waals surface area contributed by atoms with E-state index < -0.39 is 17.8 Å². The molecule has 3 saturated heterocycles. The SMILES string of the molecule is CNc1ccn(-c2ccnc3c2cc([C@H](C)N2CC=C(c4c(C)cc(C(=O)N5CCC(CN6CCN(c7ncc(NC8CCC(=O)NC8=O)cc7F)C[C@H]6C)CC5)cc4F)CC2)n3C)c(=O)c1. The monoisotopic (exact) mass is 915 g/mol. The van der Waals surface area contributed by atoms with Crippen molar-refractivity contribution in [1.29, 1.82) is 0 Å². The van der Waals surface area contributed by atoms with Gasteiger partial charge in [-0.3, -0.25) is 38.9 Å². The van der Waals surface area contributed by atoms with Crippen molar-refractivity contribution >= 4 is 51.5 Å². The summed E-state index contributed by atoms with van der Waals surface area (Å²) in [6.45, 7) is 11.6. The molecule has 67 heavy (non-hydrogen) atoms. The van der Waals surface area contributed by atoms with Crippen molar-refractivity contribution in [3.05, 3.63) is 112 Å². The summed E-state index contributed by atoms with van der Waals surface area (Å²) < 4.78 is 35.1. The quantitative estimate of drug-likeness (QED) is 0.136. The number of piperidine rings is 2. The lowest BCUT2D eigenvalue weighted by Gasteiger charge is -2.43. The second kappa shape index (κ2) is 19.0. The lowest BCUT2D eigenvalue weighted by molar-refractivity contribution is -0.133. The molecular formula is C50H59F2N11O4. The average molecular weight is 916 g/mol. The number of nitrogens with zero attached hydrogens (tertiary/aromatic N) is 8. The van der Waals surface area contributed by atoms with Gasteiger partial charge in [0, 0.05) is 137 Å². The zero-order valence-corrected chi connectivity index (χ0v) is 38.8. The number of anilines is 3. The Morgan fingerprint density at radius 2 is 1.75 bits per heavy atom. The van der Waals surface area contributed by atoms with Crippen LogP contribution in [-0.2, 0) is 16.6 Å². The third-order valence-corrected chi connectivity index (χ3v) is 14.3. The van der Waals surface area contributed by atoms with Crippen LogP contribution in [0, 0.1) is 24.5 Å². The van der Waals surface area contributed by atoms with Gasteiger partial charge < -0.3 is 25.0 Å². The van der Waals surface area contributed by atoms with Crippen LogP contribution in [-0.4, -0.2) is 123 Å². The molecule has 0 bridgehead atoms. The minimum atomic E-state index is -0.616. The number of pyridine rings is 3. The molecule has 8 heterocycles. The first-order valence-electron chi connectivity index (χ1n) is 23.4. The minimum absolute atomic E-state index is 0.0228. The van der Waals surface area contributed by atoms with E-state index >= 15 is 8.78 Å². The first-order valence-corrected chi connectivity index (χ1v) is 23.4. The van der Waals surface area contributed by atoms with Gasteiger partial charge in [-0.25, -0.2) is 18.7 Å². The summed E-state index contributed by atoms with van der Waals surface area (Å²) in [6.07, 6.45) is 10.1. The number of piperazine rings is 1. The number of hydrogen-bond donors (Lipinski definition) is 3. The largest absolute Gasteiger partial charge is 0.388 e. The summed E-state index contributed by atoms with van der Waals surface area (Å²) in [5.41, 5.74) is 6.26. The molecule has 5 aromatic rings. The van der Waals surface area contributed by atoms with Gasteiger partial charge in [-0.05, 0) is 93.8 Å². The lowest BCUT2D eigenvalue weighted by Crippen LogP contribution is -2.54. The van der Waals surface area contributed by atoms with E-state index in [4.69, 9.17) is 0 Å². The van der Waals surface area contributed by atoms with Gasteiger partial charge in [0.1, 0.15) is 17.5 Å². The maximum atomic E-state index is 16.1. The van der Waals surface area contributed by atoms with Crippen LogP contribution in [0.1, 0.15) is 79.2 Å². The topological polar surface area (TPSA) is 153 Å². The zero-order valence-electron chi connectivity index (χ0n) is 38.8. The number of aryl methyl sites for hydroxylation is 2. The molecule has 3 atom stereocenters. The Morgan fingerprint density at radius 3 is 2.43 bits per heavy atom. The molecular weight excluding hydrogens is 857 g/mol. The van der Waals surface area contributed by atoms with Crippen molar-refractivity contribution in [2.24, 2.45) is 13.0 Å². The maximum absolute atomic E-state index is 16.1. The molecule has 1 unspecified atom stereocenters. The Balaban J connectivity index is 0.773. The van der Waals surface area contributed by atoms with Crippen LogP contribution in [0.2, 0.25) is 0 Å². The van der Waals surface area contributed by atoms with Gasteiger partial charge in [0.05, 0.1) is 17.6 Å². The highest BCUT2D eigenvalue weighted by atomic mass is 19.1. The standard InChI is InChI=1S/C50H59F2N11O4/c1-30-22-35(23-39(51)46(30)34-11-17-59(18-12-34)32(3)43-26-38-42(8-14-54-47(38)58(43)5)63-19-13-36(53-4)25-45(63)65)50(67)60-15-9-33(10-16-60)29-61-20-21-62(28-31(61)2)48-40(52)24-37(27-55-48)56-41-6-7-44(64)57-49(41)66/h8,11,13-14,19,22-27,31-33,41,53,56H,6-7,9-10,12,15-18,20-21,28-29H2,1-5H3,(H,57,64,66)/t31-,32+,41?/m1/s1. The second-order valence-corrected chi connectivity index (χ2v) is 18.6. The number of carbonyl (C=O) groups is 3. The number of fused-ring (bicyclic) bond motifs is 1. The van der Waals surface area contributed by atoms with Crippen LogP contribution in [0.25, 0.3) is 22.3 Å². The minimum Gasteiger partial charge on any atom is -0.388 e. The Morgan fingerprint density at radius 1 is 0.940 bits per heavy atom. The highest BCUT2D eigenvalue weighted by molar-refractivity contribution is 6.01. The van der Waals surface area contributed by atoms with Gasteiger partial charge in [-0.15, -0.1) is 0 Å². The van der Waals surface area contributed by atoms with E-state index in [0.29, 0.717) is 68.3 Å². The van der Waals surface area contributed by atoms with Crippen molar-refractivity contribution in [3.8, 4) is 5.69 Å². The van der Waals surface area contributed by atoms with Gasteiger partial charge in [0.2, 0.25) is 11.8 Å². The van der Waals surface area contributed by atoms with Crippen LogP contribution in [0.15, 0.2) is 71.9 Å². The molecule has 4 aliphatic heterocycles.